The molecule has 0 aromatic heterocycles. The Morgan fingerprint density at radius 3 is 2.80 bits per heavy atom. The van der Waals surface area contributed by atoms with Crippen LogP contribution in [0.2, 0.25) is 5.32 Å². The molecule has 3 rings (SSSR count). The van der Waals surface area contributed by atoms with Gasteiger partial charge in [-0.15, -0.1) is 0 Å². The molecule has 2 nitrogen and oxygen atoms in total. The van der Waals surface area contributed by atoms with Gasteiger partial charge in [0.2, 0.25) is 0 Å². The molecule has 1 aromatic carbocycles. The number of rotatable bonds is 4. The molecule has 1 aliphatic carbocycles. The number of hydrogen-bond donors (Lipinski definition) is 1. The first-order chi connectivity index (χ1) is 12.1. The summed E-state index contributed by atoms with van der Waals surface area (Å²) in [6, 6.07) is 6.42. The van der Waals surface area contributed by atoms with E-state index >= 15 is 0 Å². The molecule has 0 radical (unpaired) electrons. The third-order valence-electron chi connectivity index (χ3n) is 4.90. The summed E-state index contributed by atoms with van der Waals surface area (Å²) < 4.78 is 7.36. The van der Waals surface area contributed by atoms with Crippen LogP contribution in [0.25, 0.3) is 4.47 Å². The van der Waals surface area contributed by atoms with Gasteiger partial charge in [-0.05, 0) is 0 Å². The Kier molecular flexibility index (Phi) is 6.29. The molecule has 2 aliphatic rings. The molecule has 0 spiro atoms. The zero-order valence-corrected chi connectivity index (χ0v) is 17.1. The minimum atomic E-state index is -0.792. The number of aryl methyl sites for hydroxylation is 1. The zero-order valence-electron chi connectivity index (χ0n) is 15.4. The van der Waals surface area contributed by atoms with Crippen LogP contribution in [0.4, 0.5) is 0 Å². The van der Waals surface area contributed by atoms with Crippen molar-refractivity contribution in [1.29, 1.82) is 0 Å². The fourth-order valence-electron chi connectivity index (χ4n) is 3.35. The summed E-state index contributed by atoms with van der Waals surface area (Å²) in [6.07, 6.45) is 7.48. The summed E-state index contributed by atoms with van der Waals surface area (Å²) in [7, 11) is 0. The number of unbranched alkanes of at least 4 members (excludes halogenated alkanes) is 1. The van der Waals surface area contributed by atoms with Crippen LogP contribution in [0.3, 0.4) is 0 Å². The summed E-state index contributed by atoms with van der Waals surface area (Å²) >= 11 is 0.404. The number of ether oxygens (including phenoxy) is 1. The quantitative estimate of drug-likeness (QED) is 0.448. The Morgan fingerprint density at radius 1 is 1.24 bits per heavy atom. The Morgan fingerprint density at radius 2 is 2.04 bits per heavy atom. The first kappa shape index (κ1) is 18.6. The van der Waals surface area contributed by atoms with E-state index in [1.165, 1.54) is 40.2 Å². The predicted octanol–water partition coefficient (Wildman–Crippen LogP) is 4.72. The first-order valence-electron chi connectivity index (χ1n) is 9.47. The molecule has 1 heterocycles. The third-order valence-corrected chi connectivity index (χ3v) is 7.51. The normalized spacial score (nSPS) is 18.8. The average Bonchev–Trinajstić information content (AvgIpc) is 2.61. The van der Waals surface area contributed by atoms with Crippen molar-refractivity contribution in [3.63, 3.8) is 0 Å². The summed E-state index contributed by atoms with van der Waals surface area (Å²) in [5.74, 6) is 7.54. The number of aliphatic hydroxyl groups is 1. The fraction of sp³-hybridized carbons (Fsp3) is 0.545. The molecule has 134 valence electrons. The van der Waals surface area contributed by atoms with Crippen molar-refractivity contribution >= 4 is 19.4 Å². The Hall–Kier alpha value is -1.20. The SMILES string of the molecule is CCCC[Se]C1=C(C#CC2(O)CCCCC2)COc2ccc(C)cc21. The van der Waals surface area contributed by atoms with Gasteiger partial charge in [-0.3, -0.25) is 0 Å². The molecule has 1 N–H and O–H groups in total. The van der Waals surface area contributed by atoms with Gasteiger partial charge in [0.05, 0.1) is 0 Å². The monoisotopic (exact) mass is 404 g/mol. The first-order valence-corrected chi connectivity index (χ1v) is 11.5. The van der Waals surface area contributed by atoms with Crippen molar-refractivity contribution in [2.24, 2.45) is 0 Å². The van der Waals surface area contributed by atoms with E-state index in [4.69, 9.17) is 4.74 Å². The topological polar surface area (TPSA) is 29.5 Å². The van der Waals surface area contributed by atoms with Crippen molar-refractivity contribution < 1.29 is 9.84 Å². The predicted molar refractivity (Wildman–Crippen MR) is 105 cm³/mol. The van der Waals surface area contributed by atoms with Gasteiger partial charge >= 0.3 is 158 Å². The minimum absolute atomic E-state index is 0.404. The van der Waals surface area contributed by atoms with Crippen LogP contribution in [0, 0.1) is 18.8 Å². The van der Waals surface area contributed by atoms with Crippen molar-refractivity contribution in [2.45, 2.75) is 69.7 Å². The van der Waals surface area contributed by atoms with Gasteiger partial charge in [0, 0.05) is 0 Å². The maximum atomic E-state index is 10.7. The van der Waals surface area contributed by atoms with Crippen LogP contribution in [0.15, 0.2) is 23.8 Å². The Balaban J connectivity index is 1.93. The van der Waals surface area contributed by atoms with Crippen molar-refractivity contribution in [2.75, 3.05) is 6.61 Å². The van der Waals surface area contributed by atoms with E-state index in [1.54, 1.807) is 0 Å². The number of hydrogen-bond acceptors (Lipinski definition) is 2. The van der Waals surface area contributed by atoms with E-state index in [0.717, 1.165) is 37.0 Å². The van der Waals surface area contributed by atoms with Crippen LogP contribution in [0.5, 0.6) is 5.75 Å². The molecule has 0 atom stereocenters. The van der Waals surface area contributed by atoms with Crippen LogP contribution >= 0.6 is 0 Å². The maximum absolute atomic E-state index is 10.7. The van der Waals surface area contributed by atoms with Gasteiger partial charge < -0.3 is 0 Å². The molecule has 1 aliphatic heterocycles. The third kappa shape index (κ3) is 4.70. The summed E-state index contributed by atoms with van der Waals surface area (Å²) in [5, 5.41) is 11.9. The van der Waals surface area contributed by atoms with E-state index in [1.807, 2.05) is 0 Å². The molecule has 25 heavy (non-hydrogen) atoms. The molecule has 0 saturated heterocycles. The van der Waals surface area contributed by atoms with Crippen LogP contribution in [-0.2, 0) is 0 Å². The zero-order chi connectivity index (χ0) is 17.7. The number of benzene rings is 1. The van der Waals surface area contributed by atoms with Gasteiger partial charge in [-0.2, -0.15) is 0 Å². The molecule has 0 bridgehead atoms. The van der Waals surface area contributed by atoms with Crippen LogP contribution < -0.4 is 4.74 Å². The van der Waals surface area contributed by atoms with Crippen molar-refractivity contribution in [3.8, 4) is 17.6 Å². The second kappa shape index (κ2) is 8.45. The molecule has 1 fully saturated rings. The molecule has 3 heteroatoms. The van der Waals surface area contributed by atoms with E-state index in [0.29, 0.717) is 21.6 Å². The standard InChI is InChI=1S/C22H28O2Se/c1-3-4-14-25-21-18(10-13-22(23)11-6-5-7-12-22)16-24-20-9-8-17(2)15-19(20)21/h8-9,15,23H,3-7,11-12,14,16H2,1-2H3. The summed E-state index contributed by atoms with van der Waals surface area (Å²) in [6.45, 7) is 4.91. The van der Waals surface area contributed by atoms with E-state index in [9.17, 15) is 5.11 Å². The van der Waals surface area contributed by atoms with Gasteiger partial charge in [0.15, 0.2) is 0 Å². The van der Waals surface area contributed by atoms with Crippen molar-refractivity contribution in [3.05, 3.63) is 34.9 Å². The van der Waals surface area contributed by atoms with Crippen molar-refractivity contribution in [1.82, 2.24) is 0 Å². The second-order valence-electron chi connectivity index (χ2n) is 7.14. The Bertz CT molecular complexity index is 702. The van der Waals surface area contributed by atoms with E-state index in [2.05, 4.69) is 43.9 Å². The summed E-state index contributed by atoms with van der Waals surface area (Å²) in [5.41, 5.74) is 2.78. The van der Waals surface area contributed by atoms with Gasteiger partial charge in [0.1, 0.15) is 0 Å². The van der Waals surface area contributed by atoms with Gasteiger partial charge in [-0.25, -0.2) is 0 Å². The molecular weight excluding hydrogens is 375 g/mol. The molecule has 0 amide bonds. The van der Waals surface area contributed by atoms with Gasteiger partial charge in [-0.1, -0.05) is 0 Å². The fourth-order valence-corrected chi connectivity index (χ4v) is 5.95. The number of fused-ring (bicyclic) bond motifs is 1. The second-order valence-corrected chi connectivity index (χ2v) is 9.46. The van der Waals surface area contributed by atoms with E-state index in [-0.39, 0.29) is 0 Å². The Labute approximate surface area is 158 Å². The molecule has 1 aromatic rings. The van der Waals surface area contributed by atoms with E-state index < -0.39 is 5.60 Å². The van der Waals surface area contributed by atoms with Crippen LogP contribution in [0.1, 0.15) is 63.0 Å². The summed E-state index contributed by atoms with van der Waals surface area (Å²) in [4.78, 5) is 0. The van der Waals surface area contributed by atoms with Gasteiger partial charge in [0.25, 0.3) is 0 Å². The molecule has 0 unspecified atom stereocenters. The molecule has 1 saturated carbocycles. The van der Waals surface area contributed by atoms with Crippen LogP contribution in [-0.4, -0.2) is 32.3 Å². The average molecular weight is 403 g/mol. The molecular formula is C22H28O2Se.